The van der Waals surface area contributed by atoms with Crippen LogP contribution in [0.1, 0.15) is 36.0 Å². The third-order valence-electron chi connectivity index (χ3n) is 4.11. The van der Waals surface area contributed by atoms with Crippen LogP contribution in [0.5, 0.6) is 0 Å². The second-order valence-electron chi connectivity index (χ2n) is 5.79. The first-order valence-corrected chi connectivity index (χ1v) is 8.58. The molecule has 1 saturated heterocycles. The molecule has 4 nitrogen and oxygen atoms in total. The van der Waals surface area contributed by atoms with Crippen LogP contribution in [0.15, 0.2) is 45.3 Å². The number of carbonyl (C=O) groups is 1. The SMILES string of the molecule is COCc1ccc([C@H]2CCCN2C(=O)Cc2cccc(Br)c2)o1. The van der Waals surface area contributed by atoms with Gasteiger partial charge in [0.1, 0.15) is 18.1 Å². The summed E-state index contributed by atoms with van der Waals surface area (Å²) in [6.07, 6.45) is 2.38. The summed E-state index contributed by atoms with van der Waals surface area (Å²) < 4.78 is 11.9. The number of methoxy groups -OCH3 is 1. The molecule has 1 aliphatic rings. The summed E-state index contributed by atoms with van der Waals surface area (Å²) in [7, 11) is 1.64. The van der Waals surface area contributed by atoms with Crippen molar-refractivity contribution in [3.63, 3.8) is 0 Å². The fourth-order valence-corrected chi connectivity index (χ4v) is 3.52. The van der Waals surface area contributed by atoms with Crippen molar-refractivity contribution in [1.29, 1.82) is 0 Å². The van der Waals surface area contributed by atoms with Crippen molar-refractivity contribution < 1.29 is 13.9 Å². The third kappa shape index (κ3) is 3.85. The number of halogens is 1. The van der Waals surface area contributed by atoms with E-state index in [2.05, 4.69) is 15.9 Å². The van der Waals surface area contributed by atoms with Crippen LogP contribution in [-0.4, -0.2) is 24.5 Å². The van der Waals surface area contributed by atoms with E-state index in [-0.39, 0.29) is 11.9 Å². The number of carbonyl (C=O) groups excluding carboxylic acids is 1. The molecule has 0 bridgehead atoms. The van der Waals surface area contributed by atoms with Crippen molar-refractivity contribution >= 4 is 21.8 Å². The molecule has 1 fully saturated rings. The van der Waals surface area contributed by atoms with Gasteiger partial charge in [-0.05, 0) is 42.7 Å². The van der Waals surface area contributed by atoms with E-state index in [1.807, 2.05) is 41.3 Å². The maximum atomic E-state index is 12.7. The standard InChI is InChI=1S/C18H20BrNO3/c1-22-12-15-7-8-17(23-15)16-6-3-9-20(16)18(21)11-13-4-2-5-14(19)10-13/h2,4-5,7-8,10,16H,3,6,9,11-12H2,1H3/t16-/m1/s1. The highest BCUT2D eigenvalue weighted by Crippen LogP contribution is 2.33. The molecule has 0 spiro atoms. The van der Waals surface area contributed by atoms with Crippen LogP contribution in [0.3, 0.4) is 0 Å². The van der Waals surface area contributed by atoms with Crippen molar-refractivity contribution in [2.75, 3.05) is 13.7 Å². The Hall–Kier alpha value is -1.59. The van der Waals surface area contributed by atoms with Crippen LogP contribution in [0.4, 0.5) is 0 Å². The first-order valence-electron chi connectivity index (χ1n) is 7.79. The summed E-state index contributed by atoms with van der Waals surface area (Å²) >= 11 is 3.45. The minimum absolute atomic E-state index is 0.0419. The van der Waals surface area contributed by atoms with E-state index in [0.29, 0.717) is 13.0 Å². The summed E-state index contributed by atoms with van der Waals surface area (Å²) in [4.78, 5) is 14.6. The Bertz CT molecular complexity index is 682. The van der Waals surface area contributed by atoms with Crippen molar-refractivity contribution in [2.24, 2.45) is 0 Å². The second kappa shape index (κ2) is 7.32. The Kier molecular flexibility index (Phi) is 5.18. The average Bonchev–Trinajstić information content (AvgIpc) is 3.16. The summed E-state index contributed by atoms with van der Waals surface area (Å²) in [6, 6.07) is 11.8. The van der Waals surface area contributed by atoms with Gasteiger partial charge in [-0.25, -0.2) is 0 Å². The summed E-state index contributed by atoms with van der Waals surface area (Å²) in [5, 5.41) is 0. The van der Waals surface area contributed by atoms with Gasteiger partial charge in [-0.1, -0.05) is 28.1 Å². The molecule has 0 radical (unpaired) electrons. The molecule has 0 N–H and O–H groups in total. The highest BCUT2D eigenvalue weighted by Gasteiger charge is 2.32. The van der Waals surface area contributed by atoms with E-state index in [1.54, 1.807) is 7.11 Å². The van der Waals surface area contributed by atoms with Gasteiger partial charge in [0, 0.05) is 18.1 Å². The molecule has 1 aromatic carbocycles. The van der Waals surface area contributed by atoms with Crippen LogP contribution in [0.2, 0.25) is 0 Å². The van der Waals surface area contributed by atoms with Gasteiger partial charge in [-0.3, -0.25) is 4.79 Å². The van der Waals surface area contributed by atoms with Crippen LogP contribution in [0.25, 0.3) is 0 Å². The van der Waals surface area contributed by atoms with Crippen LogP contribution < -0.4 is 0 Å². The molecule has 0 aliphatic carbocycles. The van der Waals surface area contributed by atoms with Gasteiger partial charge < -0.3 is 14.1 Å². The number of hydrogen-bond acceptors (Lipinski definition) is 3. The Balaban J connectivity index is 1.71. The number of likely N-dealkylation sites (tertiary alicyclic amines) is 1. The monoisotopic (exact) mass is 377 g/mol. The van der Waals surface area contributed by atoms with Crippen molar-refractivity contribution in [2.45, 2.75) is 31.9 Å². The zero-order chi connectivity index (χ0) is 16.2. The molecule has 3 rings (SSSR count). The van der Waals surface area contributed by atoms with Crippen LogP contribution in [-0.2, 0) is 22.6 Å². The van der Waals surface area contributed by atoms with E-state index < -0.39 is 0 Å². The molecule has 1 amide bonds. The quantitative estimate of drug-likeness (QED) is 0.787. The molecule has 0 unspecified atom stereocenters. The number of amides is 1. The first-order chi connectivity index (χ1) is 11.2. The summed E-state index contributed by atoms with van der Waals surface area (Å²) in [6.45, 7) is 1.25. The van der Waals surface area contributed by atoms with Gasteiger partial charge in [0.05, 0.1) is 12.5 Å². The lowest BCUT2D eigenvalue weighted by Gasteiger charge is -2.23. The average molecular weight is 378 g/mol. The Morgan fingerprint density at radius 1 is 1.39 bits per heavy atom. The van der Waals surface area contributed by atoms with E-state index in [9.17, 15) is 4.79 Å². The zero-order valence-electron chi connectivity index (χ0n) is 13.1. The third-order valence-corrected chi connectivity index (χ3v) is 4.61. The Morgan fingerprint density at radius 3 is 3.04 bits per heavy atom. The van der Waals surface area contributed by atoms with Gasteiger partial charge in [0.15, 0.2) is 0 Å². The van der Waals surface area contributed by atoms with Crippen molar-refractivity contribution in [3.8, 4) is 0 Å². The Labute approximate surface area is 144 Å². The van der Waals surface area contributed by atoms with Gasteiger partial charge in [0.25, 0.3) is 0 Å². The lowest BCUT2D eigenvalue weighted by Crippen LogP contribution is -2.31. The molecular weight excluding hydrogens is 358 g/mol. The van der Waals surface area contributed by atoms with E-state index in [4.69, 9.17) is 9.15 Å². The number of hydrogen-bond donors (Lipinski definition) is 0. The molecule has 122 valence electrons. The summed E-state index contributed by atoms with van der Waals surface area (Å²) in [5.74, 6) is 1.81. The van der Waals surface area contributed by atoms with Gasteiger partial charge in [-0.2, -0.15) is 0 Å². The number of furan rings is 1. The van der Waals surface area contributed by atoms with Gasteiger partial charge in [0.2, 0.25) is 5.91 Å². The number of benzene rings is 1. The molecular formula is C18H20BrNO3. The molecule has 2 aromatic rings. The highest BCUT2D eigenvalue weighted by atomic mass is 79.9. The maximum absolute atomic E-state index is 12.7. The minimum Gasteiger partial charge on any atom is -0.461 e. The fraction of sp³-hybridized carbons (Fsp3) is 0.389. The second-order valence-corrected chi connectivity index (χ2v) is 6.70. The van der Waals surface area contributed by atoms with Gasteiger partial charge in [-0.15, -0.1) is 0 Å². The Morgan fingerprint density at radius 2 is 2.26 bits per heavy atom. The molecule has 23 heavy (non-hydrogen) atoms. The molecule has 0 saturated carbocycles. The van der Waals surface area contributed by atoms with Crippen molar-refractivity contribution in [3.05, 3.63) is 58.0 Å². The lowest BCUT2D eigenvalue weighted by atomic mass is 10.1. The minimum atomic E-state index is 0.0419. The largest absolute Gasteiger partial charge is 0.461 e. The van der Waals surface area contributed by atoms with E-state index in [0.717, 1.165) is 40.9 Å². The highest BCUT2D eigenvalue weighted by molar-refractivity contribution is 9.10. The normalized spacial score (nSPS) is 17.7. The molecule has 5 heteroatoms. The first kappa shape index (κ1) is 16.3. The topological polar surface area (TPSA) is 42.7 Å². The molecule has 1 aromatic heterocycles. The predicted octanol–water partition coefficient (Wildman–Crippen LogP) is 4.09. The predicted molar refractivity (Wildman–Crippen MR) is 91.0 cm³/mol. The fourth-order valence-electron chi connectivity index (χ4n) is 3.08. The number of nitrogens with zero attached hydrogens (tertiary/aromatic N) is 1. The lowest BCUT2D eigenvalue weighted by molar-refractivity contribution is -0.131. The molecule has 2 heterocycles. The van der Waals surface area contributed by atoms with Crippen LogP contribution >= 0.6 is 15.9 Å². The zero-order valence-corrected chi connectivity index (χ0v) is 14.7. The number of rotatable bonds is 5. The summed E-state index contributed by atoms with van der Waals surface area (Å²) in [5.41, 5.74) is 1.02. The van der Waals surface area contributed by atoms with Crippen molar-refractivity contribution in [1.82, 2.24) is 4.90 Å². The van der Waals surface area contributed by atoms with Crippen LogP contribution in [0, 0.1) is 0 Å². The smallest absolute Gasteiger partial charge is 0.227 e. The molecule has 1 aliphatic heterocycles. The maximum Gasteiger partial charge on any atom is 0.227 e. The van der Waals surface area contributed by atoms with Gasteiger partial charge >= 0.3 is 0 Å². The molecule has 1 atom stereocenters. The number of ether oxygens (including phenoxy) is 1. The van der Waals surface area contributed by atoms with E-state index in [1.165, 1.54) is 0 Å². The van der Waals surface area contributed by atoms with E-state index >= 15 is 0 Å².